The van der Waals surface area contributed by atoms with Crippen molar-refractivity contribution in [3.63, 3.8) is 0 Å². The second kappa shape index (κ2) is 5.47. The Hall–Kier alpha value is -1.51. The summed E-state index contributed by atoms with van der Waals surface area (Å²) in [7, 11) is 0. The predicted molar refractivity (Wildman–Crippen MR) is 80.5 cm³/mol. The SMILES string of the molecule is CCC1CCCCC1N1CCc2cc(C(=O)O)ccc21. The summed E-state index contributed by atoms with van der Waals surface area (Å²) in [5.41, 5.74) is 2.91. The van der Waals surface area contributed by atoms with Gasteiger partial charge in [0.2, 0.25) is 0 Å². The van der Waals surface area contributed by atoms with E-state index in [9.17, 15) is 4.79 Å². The summed E-state index contributed by atoms with van der Waals surface area (Å²) in [6, 6.07) is 6.29. The second-order valence-electron chi connectivity index (χ2n) is 6.11. The highest BCUT2D eigenvalue weighted by atomic mass is 16.4. The molecule has 20 heavy (non-hydrogen) atoms. The zero-order valence-electron chi connectivity index (χ0n) is 12.1. The number of nitrogens with zero attached hydrogens (tertiary/aromatic N) is 1. The van der Waals surface area contributed by atoms with Crippen LogP contribution in [0, 0.1) is 5.92 Å². The Morgan fingerprint density at radius 2 is 2.15 bits per heavy atom. The van der Waals surface area contributed by atoms with Crippen LogP contribution < -0.4 is 4.90 Å². The molecule has 2 aliphatic rings. The van der Waals surface area contributed by atoms with Crippen LogP contribution in [-0.4, -0.2) is 23.7 Å². The Bertz CT molecular complexity index is 512. The van der Waals surface area contributed by atoms with Gasteiger partial charge in [-0.3, -0.25) is 0 Å². The normalized spacial score (nSPS) is 25.6. The maximum atomic E-state index is 11.1. The molecule has 1 aliphatic carbocycles. The van der Waals surface area contributed by atoms with Crippen molar-refractivity contribution in [3.8, 4) is 0 Å². The van der Waals surface area contributed by atoms with Gasteiger partial charge in [-0.15, -0.1) is 0 Å². The number of aromatic carboxylic acids is 1. The summed E-state index contributed by atoms with van der Waals surface area (Å²) in [6.07, 6.45) is 7.58. The zero-order chi connectivity index (χ0) is 14.1. The number of hydrogen-bond acceptors (Lipinski definition) is 2. The average Bonchev–Trinajstić information content (AvgIpc) is 2.89. The number of fused-ring (bicyclic) bond motifs is 1. The largest absolute Gasteiger partial charge is 0.478 e. The molecular formula is C17H23NO2. The number of carboxylic acids is 1. The monoisotopic (exact) mass is 273 g/mol. The third kappa shape index (κ3) is 2.30. The van der Waals surface area contributed by atoms with Gasteiger partial charge in [-0.2, -0.15) is 0 Å². The minimum atomic E-state index is -0.824. The van der Waals surface area contributed by atoms with E-state index in [1.165, 1.54) is 43.4 Å². The number of hydrogen-bond donors (Lipinski definition) is 1. The molecule has 0 amide bonds. The fraction of sp³-hybridized carbons (Fsp3) is 0.588. The van der Waals surface area contributed by atoms with Gasteiger partial charge in [-0.25, -0.2) is 4.79 Å². The van der Waals surface area contributed by atoms with E-state index < -0.39 is 5.97 Å². The molecule has 0 spiro atoms. The molecule has 1 aromatic rings. The first-order valence-electron chi connectivity index (χ1n) is 7.83. The minimum absolute atomic E-state index is 0.418. The van der Waals surface area contributed by atoms with E-state index >= 15 is 0 Å². The lowest BCUT2D eigenvalue weighted by atomic mass is 9.82. The van der Waals surface area contributed by atoms with Crippen LogP contribution in [0.5, 0.6) is 0 Å². The van der Waals surface area contributed by atoms with E-state index in [0.29, 0.717) is 11.6 Å². The smallest absolute Gasteiger partial charge is 0.335 e. The molecule has 1 heterocycles. The van der Waals surface area contributed by atoms with Crippen LogP contribution >= 0.6 is 0 Å². The maximum Gasteiger partial charge on any atom is 0.335 e. The molecule has 108 valence electrons. The third-order valence-electron chi connectivity index (χ3n) is 5.05. The Balaban J connectivity index is 1.86. The zero-order valence-corrected chi connectivity index (χ0v) is 12.1. The van der Waals surface area contributed by atoms with Gasteiger partial charge in [0.15, 0.2) is 0 Å². The van der Waals surface area contributed by atoms with Crippen molar-refractivity contribution in [1.82, 2.24) is 0 Å². The molecule has 2 unspecified atom stereocenters. The van der Waals surface area contributed by atoms with Gasteiger partial charge in [-0.05, 0) is 48.9 Å². The molecule has 1 saturated carbocycles. The van der Waals surface area contributed by atoms with Crippen LogP contribution in [0.15, 0.2) is 18.2 Å². The van der Waals surface area contributed by atoms with Crippen molar-refractivity contribution >= 4 is 11.7 Å². The minimum Gasteiger partial charge on any atom is -0.478 e. The van der Waals surface area contributed by atoms with Crippen molar-refractivity contribution in [3.05, 3.63) is 29.3 Å². The maximum absolute atomic E-state index is 11.1. The Morgan fingerprint density at radius 3 is 2.90 bits per heavy atom. The highest BCUT2D eigenvalue weighted by Crippen LogP contribution is 2.38. The summed E-state index contributed by atoms with van der Waals surface area (Å²) in [5, 5.41) is 9.10. The quantitative estimate of drug-likeness (QED) is 0.912. The van der Waals surface area contributed by atoms with Crippen molar-refractivity contribution in [1.29, 1.82) is 0 Å². The topological polar surface area (TPSA) is 40.5 Å². The van der Waals surface area contributed by atoms with Crippen LogP contribution in [-0.2, 0) is 6.42 Å². The van der Waals surface area contributed by atoms with Gasteiger partial charge in [-0.1, -0.05) is 26.2 Å². The molecular weight excluding hydrogens is 250 g/mol. The van der Waals surface area contributed by atoms with E-state index in [2.05, 4.69) is 11.8 Å². The van der Waals surface area contributed by atoms with Crippen LogP contribution in [0.25, 0.3) is 0 Å². The van der Waals surface area contributed by atoms with Crippen LogP contribution in [0.1, 0.15) is 54.9 Å². The number of carboxylic acid groups (broad SMARTS) is 1. The molecule has 0 bridgehead atoms. The first kappa shape index (κ1) is 13.5. The van der Waals surface area contributed by atoms with Crippen LogP contribution in [0.2, 0.25) is 0 Å². The standard InChI is InChI=1S/C17H23NO2/c1-2-12-5-3-4-6-15(12)18-10-9-13-11-14(17(19)20)7-8-16(13)18/h7-8,11-12,15H,2-6,9-10H2,1H3,(H,19,20). The summed E-state index contributed by atoms with van der Waals surface area (Å²) in [6.45, 7) is 3.35. The Morgan fingerprint density at radius 1 is 1.35 bits per heavy atom. The number of anilines is 1. The first-order valence-corrected chi connectivity index (χ1v) is 7.83. The molecule has 1 fully saturated rings. The lowest BCUT2D eigenvalue weighted by Gasteiger charge is -2.39. The van der Waals surface area contributed by atoms with Gasteiger partial charge in [0, 0.05) is 18.3 Å². The van der Waals surface area contributed by atoms with Gasteiger partial charge in [0.1, 0.15) is 0 Å². The van der Waals surface area contributed by atoms with Gasteiger partial charge >= 0.3 is 5.97 Å². The van der Waals surface area contributed by atoms with E-state index in [1.54, 1.807) is 6.07 Å². The molecule has 1 N–H and O–H groups in total. The number of rotatable bonds is 3. The number of benzene rings is 1. The molecule has 3 rings (SSSR count). The van der Waals surface area contributed by atoms with Gasteiger partial charge in [0.25, 0.3) is 0 Å². The van der Waals surface area contributed by atoms with E-state index in [-0.39, 0.29) is 0 Å². The summed E-state index contributed by atoms with van der Waals surface area (Å²) >= 11 is 0. The second-order valence-corrected chi connectivity index (χ2v) is 6.11. The fourth-order valence-electron chi connectivity index (χ4n) is 3.98. The molecule has 1 aliphatic heterocycles. The summed E-state index contributed by atoms with van der Waals surface area (Å²) in [5.74, 6) is -0.0239. The predicted octanol–water partition coefficient (Wildman–Crippen LogP) is 3.72. The highest BCUT2D eigenvalue weighted by Gasteiger charge is 2.32. The van der Waals surface area contributed by atoms with E-state index in [0.717, 1.165) is 18.9 Å². The fourth-order valence-corrected chi connectivity index (χ4v) is 3.98. The summed E-state index contributed by atoms with van der Waals surface area (Å²) in [4.78, 5) is 13.6. The van der Waals surface area contributed by atoms with E-state index in [4.69, 9.17) is 5.11 Å². The number of carbonyl (C=O) groups is 1. The lowest BCUT2D eigenvalue weighted by Crippen LogP contribution is -2.41. The third-order valence-corrected chi connectivity index (χ3v) is 5.05. The molecule has 1 aromatic carbocycles. The molecule has 0 saturated heterocycles. The van der Waals surface area contributed by atoms with Gasteiger partial charge in [0.05, 0.1) is 5.56 Å². The molecule has 2 atom stereocenters. The Labute approximate surface area is 120 Å². The molecule has 0 radical (unpaired) electrons. The van der Waals surface area contributed by atoms with Crippen molar-refractivity contribution in [2.24, 2.45) is 5.92 Å². The lowest BCUT2D eigenvalue weighted by molar-refractivity contribution is 0.0697. The van der Waals surface area contributed by atoms with Crippen LogP contribution in [0.3, 0.4) is 0 Å². The molecule has 3 heteroatoms. The molecule has 0 aromatic heterocycles. The molecule has 3 nitrogen and oxygen atoms in total. The first-order chi connectivity index (χ1) is 9.70. The van der Waals surface area contributed by atoms with Crippen molar-refractivity contribution in [2.75, 3.05) is 11.4 Å². The average molecular weight is 273 g/mol. The van der Waals surface area contributed by atoms with Gasteiger partial charge < -0.3 is 10.0 Å². The Kier molecular flexibility index (Phi) is 3.68. The van der Waals surface area contributed by atoms with Crippen molar-refractivity contribution in [2.45, 2.75) is 51.5 Å². The highest BCUT2D eigenvalue weighted by molar-refractivity contribution is 5.88. The van der Waals surface area contributed by atoms with Crippen LogP contribution in [0.4, 0.5) is 5.69 Å². The summed E-state index contributed by atoms with van der Waals surface area (Å²) < 4.78 is 0. The van der Waals surface area contributed by atoms with Crippen molar-refractivity contribution < 1.29 is 9.90 Å². The van der Waals surface area contributed by atoms with E-state index in [1.807, 2.05) is 12.1 Å².